The molecule has 128 valence electrons. The Kier molecular flexibility index (Phi) is 4.65. The third kappa shape index (κ3) is 3.55. The van der Waals surface area contributed by atoms with Crippen molar-refractivity contribution in [3.8, 4) is 0 Å². The van der Waals surface area contributed by atoms with Crippen LogP contribution in [-0.4, -0.2) is 17.5 Å². The van der Waals surface area contributed by atoms with Crippen molar-refractivity contribution >= 4 is 17.3 Å². The molecule has 1 aliphatic rings. The minimum Gasteiger partial charge on any atom is -0.324 e. The maximum atomic E-state index is 13.0. The fraction of sp³-hybridized carbons (Fsp3) is 0.500. The van der Waals surface area contributed by atoms with Gasteiger partial charge in [0.25, 0.3) is 5.91 Å². The van der Waals surface area contributed by atoms with Crippen molar-refractivity contribution < 1.29 is 18.0 Å². The number of halogens is 3. The largest absolute Gasteiger partial charge is 0.407 e. The van der Waals surface area contributed by atoms with Crippen molar-refractivity contribution in [1.82, 2.24) is 0 Å². The van der Waals surface area contributed by atoms with Crippen molar-refractivity contribution in [2.45, 2.75) is 44.9 Å². The molecule has 24 heavy (non-hydrogen) atoms. The molecule has 0 saturated heterocycles. The maximum Gasteiger partial charge on any atom is 0.407 e. The lowest BCUT2D eigenvalue weighted by Crippen LogP contribution is -2.38. The van der Waals surface area contributed by atoms with E-state index in [1.807, 2.05) is 13.8 Å². The number of alkyl halides is 3. The van der Waals surface area contributed by atoms with Gasteiger partial charge in [0.15, 0.2) is 11.2 Å². The van der Waals surface area contributed by atoms with Crippen LogP contribution in [0.1, 0.15) is 32.8 Å². The fourth-order valence-corrected chi connectivity index (χ4v) is 2.40. The van der Waals surface area contributed by atoms with Crippen molar-refractivity contribution in [3.05, 3.63) is 35.2 Å². The first-order chi connectivity index (χ1) is 11.1. The van der Waals surface area contributed by atoms with Crippen LogP contribution in [0.2, 0.25) is 0 Å². The summed E-state index contributed by atoms with van der Waals surface area (Å²) in [5.41, 5.74) is -2.71. The second kappa shape index (κ2) is 6.23. The molecule has 2 rings (SSSR count). The van der Waals surface area contributed by atoms with Crippen LogP contribution in [0, 0.1) is 12.5 Å². The molecule has 0 saturated carbocycles. The third-order valence-corrected chi connectivity index (χ3v) is 3.97. The molecule has 1 heterocycles. The van der Waals surface area contributed by atoms with Gasteiger partial charge in [-0.05, 0) is 25.0 Å². The Hall–Kier alpha value is -2.43. The lowest BCUT2D eigenvalue weighted by atomic mass is 9.90. The van der Waals surface area contributed by atoms with E-state index in [0.717, 1.165) is 12.1 Å². The van der Waals surface area contributed by atoms with E-state index in [0.29, 0.717) is 6.42 Å². The minimum atomic E-state index is -4.67. The molecule has 8 heteroatoms. The average Bonchev–Trinajstić information content (AvgIpc) is 2.90. The van der Waals surface area contributed by atoms with Crippen LogP contribution in [0.15, 0.2) is 28.4 Å². The number of amides is 1. The molecular weight excluding hydrogens is 321 g/mol. The van der Waals surface area contributed by atoms with Gasteiger partial charge in [0.05, 0.1) is 18.2 Å². The normalized spacial score (nSPS) is 23.3. The zero-order chi connectivity index (χ0) is 18.1. The van der Waals surface area contributed by atoms with Gasteiger partial charge < -0.3 is 5.32 Å². The van der Waals surface area contributed by atoms with Gasteiger partial charge in [-0.1, -0.05) is 19.9 Å². The van der Waals surface area contributed by atoms with Crippen LogP contribution in [0.4, 0.5) is 24.5 Å². The van der Waals surface area contributed by atoms with Crippen LogP contribution in [0.25, 0.3) is 4.85 Å². The van der Waals surface area contributed by atoms with E-state index < -0.39 is 28.9 Å². The SMILES string of the molecule is [C-]#[N+]c1ccc(NC(=O)C2(C)CC(C(C)C)N=N2)cc1C(F)(F)F. The number of rotatable bonds is 3. The summed E-state index contributed by atoms with van der Waals surface area (Å²) in [5.74, 6) is -0.295. The predicted molar refractivity (Wildman–Crippen MR) is 82.8 cm³/mol. The second-order valence-corrected chi connectivity index (χ2v) is 6.30. The summed E-state index contributed by atoms with van der Waals surface area (Å²) in [7, 11) is 0. The van der Waals surface area contributed by atoms with Crippen molar-refractivity contribution in [2.24, 2.45) is 16.1 Å². The van der Waals surface area contributed by atoms with Gasteiger partial charge in [-0.25, -0.2) is 4.85 Å². The number of hydrogen-bond acceptors (Lipinski definition) is 3. The van der Waals surface area contributed by atoms with E-state index in [4.69, 9.17) is 6.57 Å². The zero-order valence-corrected chi connectivity index (χ0v) is 13.5. The van der Waals surface area contributed by atoms with Crippen LogP contribution in [0.3, 0.4) is 0 Å². The molecule has 0 aliphatic carbocycles. The Morgan fingerprint density at radius 1 is 1.46 bits per heavy atom. The molecule has 0 fully saturated rings. The Morgan fingerprint density at radius 3 is 2.62 bits per heavy atom. The zero-order valence-electron chi connectivity index (χ0n) is 13.5. The molecule has 0 bridgehead atoms. The Morgan fingerprint density at radius 2 is 2.12 bits per heavy atom. The highest BCUT2D eigenvalue weighted by atomic mass is 19.4. The first kappa shape index (κ1) is 17.9. The molecule has 0 radical (unpaired) electrons. The van der Waals surface area contributed by atoms with Crippen molar-refractivity contribution in [3.63, 3.8) is 0 Å². The van der Waals surface area contributed by atoms with Gasteiger partial charge in [0, 0.05) is 12.1 Å². The number of nitrogens with zero attached hydrogens (tertiary/aromatic N) is 3. The minimum absolute atomic E-state index is 0.0239. The highest BCUT2D eigenvalue weighted by Crippen LogP contribution is 2.38. The molecule has 1 amide bonds. The average molecular weight is 338 g/mol. The lowest BCUT2D eigenvalue weighted by molar-refractivity contribution is -0.136. The van der Waals surface area contributed by atoms with Crippen LogP contribution < -0.4 is 5.32 Å². The number of hydrogen-bond donors (Lipinski definition) is 1. The molecule has 2 atom stereocenters. The molecular formula is C16H17F3N4O. The number of azo groups is 1. The van der Waals surface area contributed by atoms with Gasteiger partial charge >= 0.3 is 6.18 Å². The van der Waals surface area contributed by atoms with Gasteiger partial charge in [0.1, 0.15) is 0 Å². The lowest BCUT2D eigenvalue weighted by Gasteiger charge is -2.21. The summed E-state index contributed by atoms with van der Waals surface area (Å²) in [6, 6.07) is 2.99. The van der Waals surface area contributed by atoms with E-state index in [2.05, 4.69) is 20.4 Å². The highest BCUT2D eigenvalue weighted by Gasteiger charge is 2.41. The molecule has 1 aliphatic heterocycles. The summed E-state index contributed by atoms with van der Waals surface area (Å²) >= 11 is 0. The molecule has 1 N–H and O–H groups in total. The monoisotopic (exact) mass is 338 g/mol. The van der Waals surface area contributed by atoms with Gasteiger partial charge in [-0.2, -0.15) is 23.4 Å². The number of benzene rings is 1. The first-order valence-electron chi connectivity index (χ1n) is 7.39. The molecule has 0 spiro atoms. The predicted octanol–water partition coefficient (Wildman–Crippen LogP) is 4.83. The Labute approximate surface area is 137 Å². The van der Waals surface area contributed by atoms with Crippen molar-refractivity contribution in [2.75, 3.05) is 5.32 Å². The standard InChI is InChI=1S/C16H17F3N4O/c1-9(2)13-8-15(3,23-22-13)14(24)21-10-5-6-12(20-4)11(7-10)16(17,18)19/h5-7,9,13H,8H2,1-3H3,(H,21,24). The van der Waals surface area contributed by atoms with E-state index >= 15 is 0 Å². The molecule has 1 aromatic rings. The van der Waals surface area contributed by atoms with E-state index in [1.54, 1.807) is 6.92 Å². The molecule has 1 aromatic carbocycles. The molecule has 2 unspecified atom stereocenters. The fourth-order valence-electron chi connectivity index (χ4n) is 2.40. The number of carbonyl (C=O) groups is 1. The topological polar surface area (TPSA) is 58.2 Å². The van der Waals surface area contributed by atoms with Crippen LogP contribution in [-0.2, 0) is 11.0 Å². The summed E-state index contributed by atoms with van der Waals surface area (Å²) < 4.78 is 38.9. The van der Waals surface area contributed by atoms with Gasteiger partial charge in [-0.15, -0.1) is 0 Å². The first-order valence-corrected chi connectivity index (χ1v) is 7.39. The highest BCUT2D eigenvalue weighted by molar-refractivity contribution is 5.98. The third-order valence-electron chi connectivity index (χ3n) is 3.97. The van der Waals surface area contributed by atoms with Crippen LogP contribution >= 0.6 is 0 Å². The number of anilines is 1. The summed E-state index contributed by atoms with van der Waals surface area (Å²) in [6.07, 6.45) is -4.26. The van der Waals surface area contributed by atoms with Crippen LogP contribution in [0.5, 0.6) is 0 Å². The number of carbonyl (C=O) groups excluding carboxylic acids is 1. The summed E-state index contributed by atoms with van der Waals surface area (Å²) in [5, 5.41) is 10.5. The maximum absolute atomic E-state index is 13.0. The molecule has 5 nitrogen and oxygen atoms in total. The van der Waals surface area contributed by atoms with E-state index in [-0.39, 0.29) is 17.6 Å². The second-order valence-electron chi connectivity index (χ2n) is 6.30. The van der Waals surface area contributed by atoms with Gasteiger partial charge in [0.2, 0.25) is 0 Å². The quantitative estimate of drug-likeness (QED) is 0.788. The Balaban J connectivity index is 2.22. The van der Waals surface area contributed by atoms with Gasteiger partial charge in [-0.3, -0.25) is 4.79 Å². The van der Waals surface area contributed by atoms with Crippen molar-refractivity contribution in [1.29, 1.82) is 0 Å². The van der Waals surface area contributed by atoms with E-state index in [1.165, 1.54) is 6.07 Å². The summed E-state index contributed by atoms with van der Waals surface area (Å²) in [6.45, 7) is 12.3. The molecule has 0 aromatic heterocycles. The Bertz CT molecular complexity index is 721. The smallest absolute Gasteiger partial charge is 0.324 e. The van der Waals surface area contributed by atoms with E-state index in [9.17, 15) is 18.0 Å². The number of nitrogens with one attached hydrogen (secondary N) is 1. The summed E-state index contributed by atoms with van der Waals surface area (Å²) in [4.78, 5) is 15.3.